The van der Waals surface area contributed by atoms with Crippen LogP contribution in [-0.2, 0) is 9.53 Å². The summed E-state index contributed by atoms with van der Waals surface area (Å²) in [5.41, 5.74) is 4.76. The van der Waals surface area contributed by atoms with E-state index in [0.717, 1.165) is 51.8 Å². The smallest absolute Gasteiger partial charge is 0.234 e. The molecule has 1 aromatic heterocycles. The third-order valence-electron chi connectivity index (χ3n) is 5.09. The summed E-state index contributed by atoms with van der Waals surface area (Å²) in [5, 5.41) is 3.78. The molecule has 3 aromatic rings. The highest BCUT2D eigenvalue weighted by Gasteiger charge is 2.26. The Morgan fingerprint density at radius 2 is 1.68 bits per heavy atom. The van der Waals surface area contributed by atoms with Gasteiger partial charge in [-0.2, -0.15) is 0 Å². The highest BCUT2D eigenvalue weighted by Crippen LogP contribution is 2.31. The molecule has 2 aromatic carbocycles. The molecule has 0 bridgehead atoms. The van der Waals surface area contributed by atoms with Crippen LogP contribution in [0.25, 0.3) is 11.0 Å². The number of amides is 1. The summed E-state index contributed by atoms with van der Waals surface area (Å²) < 4.78 is 5.89. The quantitative estimate of drug-likeness (QED) is 0.590. The minimum absolute atomic E-state index is 0.0559. The number of aromatic nitrogens is 2. The topological polar surface area (TPSA) is 67.4 Å². The zero-order chi connectivity index (χ0) is 22.0. The van der Waals surface area contributed by atoms with E-state index in [-0.39, 0.29) is 23.9 Å². The normalized spacial score (nSPS) is 18.9. The SMILES string of the molecule is Cc1cc(C)cc(NC(=O)CSc2nc3ccccc3nc2N2C[C@H](C)O[C@@H](C)C2)c1. The van der Waals surface area contributed by atoms with E-state index >= 15 is 0 Å². The predicted octanol–water partition coefficient (Wildman–Crippen LogP) is 4.59. The summed E-state index contributed by atoms with van der Waals surface area (Å²) in [6, 6.07) is 13.9. The lowest BCUT2D eigenvalue weighted by Gasteiger charge is -2.36. The van der Waals surface area contributed by atoms with Gasteiger partial charge in [0.25, 0.3) is 0 Å². The van der Waals surface area contributed by atoms with E-state index in [4.69, 9.17) is 14.7 Å². The van der Waals surface area contributed by atoms with Gasteiger partial charge in [0.05, 0.1) is 29.0 Å². The minimum atomic E-state index is -0.0559. The number of aryl methyl sites for hydroxylation is 2. The molecule has 2 atom stereocenters. The fourth-order valence-corrected chi connectivity index (χ4v) is 4.81. The van der Waals surface area contributed by atoms with Gasteiger partial charge in [0.2, 0.25) is 5.91 Å². The molecule has 6 nitrogen and oxygen atoms in total. The monoisotopic (exact) mass is 436 g/mol. The van der Waals surface area contributed by atoms with Crippen molar-refractivity contribution in [2.75, 3.05) is 29.1 Å². The summed E-state index contributed by atoms with van der Waals surface area (Å²) >= 11 is 1.43. The van der Waals surface area contributed by atoms with Gasteiger partial charge >= 0.3 is 0 Å². The standard InChI is InChI=1S/C24H28N4O2S/c1-15-9-16(2)11-19(10-15)25-22(29)14-31-24-23(28-12-17(3)30-18(4)13-28)26-20-7-5-6-8-21(20)27-24/h5-11,17-18H,12-14H2,1-4H3,(H,25,29)/t17-,18-/m0/s1. The molecule has 0 saturated carbocycles. The molecular weight excluding hydrogens is 408 g/mol. The van der Waals surface area contributed by atoms with E-state index in [1.807, 2.05) is 50.2 Å². The number of anilines is 2. The van der Waals surface area contributed by atoms with Gasteiger partial charge in [-0.25, -0.2) is 9.97 Å². The first kappa shape index (κ1) is 21.6. The average Bonchev–Trinajstić information content (AvgIpc) is 2.70. The maximum absolute atomic E-state index is 12.6. The van der Waals surface area contributed by atoms with E-state index in [1.165, 1.54) is 11.8 Å². The maximum Gasteiger partial charge on any atom is 0.234 e. The van der Waals surface area contributed by atoms with Crippen LogP contribution in [0, 0.1) is 13.8 Å². The molecule has 1 saturated heterocycles. The van der Waals surface area contributed by atoms with Gasteiger partial charge < -0.3 is 15.0 Å². The highest BCUT2D eigenvalue weighted by molar-refractivity contribution is 8.00. The molecule has 1 aliphatic heterocycles. The third-order valence-corrected chi connectivity index (χ3v) is 6.04. The number of fused-ring (bicyclic) bond motifs is 1. The fraction of sp³-hybridized carbons (Fsp3) is 0.375. The summed E-state index contributed by atoms with van der Waals surface area (Å²) in [6.07, 6.45) is 0.227. The number of carbonyl (C=O) groups is 1. The number of carbonyl (C=O) groups excluding carboxylic acids is 1. The molecule has 7 heteroatoms. The minimum Gasteiger partial charge on any atom is -0.372 e. The van der Waals surface area contributed by atoms with Crippen LogP contribution in [0.1, 0.15) is 25.0 Å². The van der Waals surface area contributed by atoms with Crippen LogP contribution in [0.3, 0.4) is 0 Å². The molecule has 0 spiro atoms. The Morgan fingerprint density at radius 1 is 1.06 bits per heavy atom. The maximum atomic E-state index is 12.6. The molecule has 1 aliphatic rings. The van der Waals surface area contributed by atoms with Crippen LogP contribution in [0.2, 0.25) is 0 Å². The van der Waals surface area contributed by atoms with Crippen LogP contribution in [0.5, 0.6) is 0 Å². The van der Waals surface area contributed by atoms with Crippen molar-refractivity contribution in [3.63, 3.8) is 0 Å². The molecule has 1 fully saturated rings. The van der Waals surface area contributed by atoms with Gasteiger partial charge in [-0.15, -0.1) is 0 Å². The van der Waals surface area contributed by atoms with Crippen LogP contribution < -0.4 is 10.2 Å². The summed E-state index contributed by atoms with van der Waals surface area (Å²) in [4.78, 5) is 24.6. The zero-order valence-electron chi connectivity index (χ0n) is 18.4. The van der Waals surface area contributed by atoms with Crippen molar-refractivity contribution in [3.05, 3.63) is 53.6 Å². The molecular formula is C24H28N4O2S. The second kappa shape index (κ2) is 9.24. The fourth-order valence-electron chi connectivity index (χ4n) is 4.01. The number of ether oxygens (including phenoxy) is 1. The van der Waals surface area contributed by atoms with E-state index in [2.05, 4.69) is 30.1 Å². The van der Waals surface area contributed by atoms with Crippen molar-refractivity contribution in [1.29, 1.82) is 0 Å². The van der Waals surface area contributed by atoms with Crippen molar-refractivity contribution in [3.8, 4) is 0 Å². The van der Waals surface area contributed by atoms with Gasteiger partial charge in [-0.05, 0) is 63.1 Å². The first-order valence-electron chi connectivity index (χ1n) is 10.6. The Labute approximate surface area is 187 Å². The number of nitrogens with zero attached hydrogens (tertiary/aromatic N) is 3. The molecule has 162 valence electrons. The number of benzene rings is 2. The molecule has 0 unspecified atom stereocenters. The Balaban J connectivity index is 1.56. The second-order valence-corrected chi connectivity index (χ2v) is 9.18. The summed E-state index contributed by atoms with van der Waals surface area (Å²) in [5.74, 6) is 1.03. The zero-order valence-corrected chi connectivity index (χ0v) is 19.2. The molecule has 2 heterocycles. The number of para-hydroxylation sites is 2. The first-order chi connectivity index (χ1) is 14.9. The van der Waals surface area contributed by atoms with Gasteiger partial charge in [-0.3, -0.25) is 4.79 Å². The van der Waals surface area contributed by atoms with Crippen molar-refractivity contribution in [1.82, 2.24) is 9.97 Å². The molecule has 1 N–H and O–H groups in total. The van der Waals surface area contributed by atoms with E-state index in [0.29, 0.717) is 0 Å². The van der Waals surface area contributed by atoms with Crippen molar-refractivity contribution in [2.45, 2.75) is 44.9 Å². The number of rotatable bonds is 5. The first-order valence-corrected chi connectivity index (χ1v) is 11.5. The lowest BCUT2D eigenvalue weighted by atomic mass is 10.1. The lowest BCUT2D eigenvalue weighted by Crippen LogP contribution is -2.46. The predicted molar refractivity (Wildman–Crippen MR) is 127 cm³/mol. The second-order valence-electron chi connectivity index (χ2n) is 8.22. The van der Waals surface area contributed by atoms with Crippen LogP contribution in [0.15, 0.2) is 47.5 Å². The van der Waals surface area contributed by atoms with Crippen LogP contribution in [-0.4, -0.2) is 46.9 Å². The van der Waals surface area contributed by atoms with E-state index in [9.17, 15) is 4.79 Å². The van der Waals surface area contributed by atoms with Gasteiger partial charge in [-0.1, -0.05) is 30.0 Å². The molecule has 31 heavy (non-hydrogen) atoms. The van der Waals surface area contributed by atoms with Gasteiger partial charge in [0, 0.05) is 18.8 Å². The average molecular weight is 437 g/mol. The van der Waals surface area contributed by atoms with E-state index in [1.54, 1.807) is 0 Å². The molecule has 0 aliphatic carbocycles. The largest absolute Gasteiger partial charge is 0.372 e. The van der Waals surface area contributed by atoms with Crippen molar-refractivity contribution < 1.29 is 9.53 Å². The molecule has 4 rings (SSSR count). The third kappa shape index (κ3) is 5.35. The van der Waals surface area contributed by atoms with Crippen molar-refractivity contribution in [2.24, 2.45) is 0 Å². The number of nitrogens with one attached hydrogen (secondary N) is 1. The summed E-state index contributed by atoms with van der Waals surface area (Å²) in [6.45, 7) is 9.69. The van der Waals surface area contributed by atoms with Gasteiger partial charge in [0.1, 0.15) is 5.03 Å². The number of hydrogen-bond acceptors (Lipinski definition) is 6. The molecule has 1 amide bonds. The lowest BCUT2D eigenvalue weighted by molar-refractivity contribution is -0.113. The Hall–Kier alpha value is -2.64. The Morgan fingerprint density at radius 3 is 2.32 bits per heavy atom. The van der Waals surface area contributed by atoms with Crippen LogP contribution >= 0.6 is 11.8 Å². The highest BCUT2D eigenvalue weighted by atomic mass is 32.2. The van der Waals surface area contributed by atoms with Crippen molar-refractivity contribution >= 4 is 40.2 Å². The molecule has 0 radical (unpaired) electrons. The number of thioether (sulfide) groups is 1. The van der Waals surface area contributed by atoms with E-state index < -0.39 is 0 Å². The van der Waals surface area contributed by atoms with Crippen LogP contribution in [0.4, 0.5) is 11.5 Å². The summed E-state index contributed by atoms with van der Waals surface area (Å²) in [7, 11) is 0. The Kier molecular flexibility index (Phi) is 6.43. The Bertz CT molecular complexity index is 1070. The number of hydrogen-bond donors (Lipinski definition) is 1. The van der Waals surface area contributed by atoms with Gasteiger partial charge in [0.15, 0.2) is 5.82 Å². The number of morpholine rings is 1.